The fraction of sp³-hybridized carbons (Fsp3) is 0.304. The smallest absolute Gasteiger partial charge is 0.162 e. The lowest BCUT2D eigenvalue weighted by Crippen LogP contribution is -2.33. The van der Waals surface area contributed by atoms with Gasteiger partial charge < -0.3 is 14.9 Å². The molecular formula is C23H21F3O3S. The van der Waals surface area contributed by atoms with Crippen molar-refractivity contribution in [1.29, 1.82) is 0 Å². The molecule has 0 saturated carbocycles. The van der Waals surface area contributed by atoms with Crippen molar-refractivity contribution >= 4 is 11.3 Å². The first-order chi connectivity index (χ1) is 14.4. The van der Waals surface area contributed by atoms with Gasteiger partial charge in [-0.3, -0.25) is 0 Å². The molecule has 1 aliphatic heterocycles. The maximum atomic E-state index is 15.3. The van der Waals surface area contributed by atoms with Gasteiger partial charge in [0.25, 0.3) is 0 Å². The van der Waals surface area contributed by atoms with Crippen LogP contribution < -0.4 is 0 Å². The van der Waals surface area contributed by atoms with E-state index in [-0.39, 0.29) is 18.0 Å². The molecule has 2 heterocycles. The summed E-state index contributed by atoms with van der Waals surface area (Å²) >= 11 is 1.18. The van der Waals surface area contributed by atoms with Gasteiger partial charge in [-0.1, -0.05) is 18.2 Å². The van der Waals surface area contributed by atoms with Crippen LogP contribution in [0.5, 0.6) is 0 Å². The van der Waals surface area contributed by atoms with Crippen LogP contribution in [0, 0.1) is 11.6 Å². The zero-order valence-corrected chi connectivity index (χ0v) is 16.8. The molecule has 1 aliphatic rings. The molecule has 4 atom stereocenters. The number of aliphatic hydroxyl groups excluding tert-OH is 2. The van der Waals surface area contributed by atoms with E-state index in [0.29, 0.717) is 23.3 Å². The third-order valence-corrected chi connectivity index (χ3v) is 6.42. The molecule has 7 heteroatoms. The van der Waals surface area contributed by atoms with E-state index in [1.807, 2.05) is 0 Å². The van der Waals surface area contributed by atoms with Crippen molar-refractivity contribution in [3.63, 3.8) is 0 Å². The van der Waals surface area contributed by atoms with Crippen molar-refractivity contribution in [2.75, 3.05) is 6.61 Å². The quantitative estimate of drug-likeness (QED) is 0.571. The molecule has 0 spiro atoms. The van der Waals surface area contributed by atoms with Gasteiger partial charge in [0, 0.05) is 28.2 Å². The fourth-order valence-electron chi connectivity index (χ4n) is 3.69. The molecule has 0 amide bonds. The highest BCUT2D eigenvalue weighted by Gasteiger charge is 2.30. The lowest BCUT2D eigenvalue weighted by atomic mass is 9.94. The van der Waals surface area contributed by atoms with Gasteiger partial charge in [-0.15, -0.1) is 11.3 Å². The Bertz CT molecular complexity index is 1010. The first kappa shape index (κ1) is 21.1. The molecule has 1 saturated heterocycles. The summed E-state index contributed by atoms with van der Waals surface area (Å²) in [4.78, 5) is 1.09. The molecule has 1 aromatic heterocycles. The number of rotatable bonds is 5. The van der Waals surface area contributed by atoms with Crippen LogP contribution in [0.3, 0.4) is 0 Å². The lowest BCUT2D eigenvalue weighted by Gasteiger charge is -2.32. The number of aliphatic hydroxyl groups is 2. The molecule has 2 N–H and O–H groups in total. The van der Waals surface area contributed by atoms with Crippen molar-refractivity contribution in [3.8, 4) is 10.4 Å². The van der Waals surface area contributed by atoms with Crippen LogP contribution in [0.4, 0.5) is 13.2 Å². The van der Waals surface area contributed by atoms with E-state index < -0.39 is 30.3 Å². The predicted molar refractivity (Wildman–Crippen MR) is 109 cm³/mol. The first-order valence-electron chi connectivity index (χ1n) is 9.68. The van der Waals surface area contributed by atoms with Gasteiger partial charge in [0.05, 0.1) is 24.9 Å². The highest BCUT2D eigenvalue weighted by molar-refractivity contribution is 7.15. The summed E-state index contributed by atoms with van der Waals surface area (Å²) in [6.07, 6.45) is -2.75. The molecule has 0 radical (unpaired) electrons. The Morgan fingerprint density at radius 1 is 1.03 bits per heavy atom. The van der Waals surface area contributed by atoms with E-state index >= 15 is 4.39 Å². The lowest BCUT2D eigenvalue weighted by molar-refractivity contribution is -0.113. The average Bonchev–Trinajstić information content (AvgIpc) is 3.24. The van der Waals surface area contributed by atoms with Crippen LogP contribution >= 0.6 is 11.3 Å². The van der Waals surface area contributed by atoms with Gasteiger partial charge in [-0.25, -0.2) is 13.2 Å². The van der Waals surface area contributed by atoms with E-state index in [1.165, 1.54) is 41.7 Å². The molecule has 0 bridgehead atoms. The molecule has 158 valence electrons. The zero-order chi connectivity index (χ0) is 21.3. The van der Waals surface area contributed by atoms with Crippen LogP contribution in [0.1, 0.15) is 41.1 Å². The van der Waals surface area contributed by atoms with Crippen molar-refractivity contribution in [1.82, 2.24) is 0 Å². The SMILES string of the molecule is OCC1CC(O)CC(c2ccc(F)c(C(F)c3ccc(-c4ccc(F)cc4)s3)c2)O1. The second kappa shape index (κ2) is 8.89. The Morgan fingerprint density at radius 2 is 1.80 bits per heavy atom. The van der Waals surface area contributed by atoms with E-state index in [1.54, 1.807) is 24.3 Å². The van der Waals surface area contributed by atoms with Crippen LogP contribution in [-0.2, 0) is 4.74 Å². The Balaban J connectivity index is 1.59. The predicted octanol–water partition coefficient (Wildman–Crippen LogP) is 5.33. The van der Waals surface area contributed by atoms with Crippen molar-refractivity contribution in [2.45, 2.75) is 37.3 Å². The van der Waals surface area contributed by atoms with Gasteiger partial charge in [0.1, 0.15) is 11.6 Å². The van der Waals surface area contributed by atoms with E-state index in [0.717, 1.165) is 10.4 Å². The molecule has 1 fully saturated rings. The largest absolute Gasteiger partial charge is 0.394 e. The summed E-state index contributed by atoms with van der Waals surface area (Å²) in [7, 11) is 0. The number of thiophene rings is 1. The topological polar surface area (TPSA) is 49.7 Å². The number of hydrogen-bond acceptors (Lipinski definition) is 4. The Labute approximate surface area is 176 Å². The summed E-state index contributed by atoms with van der Waals surface area (Å²) in [5, 5.41) is 19.4. The molecule has 0 aliphatic carbocycles. The van der Waals surface area contributed by atoms with Gasteiger partial charge in [0.15, 0.2) is 6.17 Å². The maximum absolute atomic E-state index is 15.3. The van der Waals surface area contributed by atoms with Gasteiger partial charge in [-0.05, 0) is 47.5 Å². The molecule has 3 nitrogen and oxygen atoms in total. The Hall–Kier alpha value is -2.19. The van der Waals surface area contributed by atoms with Crippen molar-refractivity contribution < 1.29 is 28.1 Å². The van der Waals surface area contributed by atoms with Crippen LogP contribution in [-0.4, -0.2) is 29.0 Å². The van der Waals surface area contributed by atoms with E-state index in [4.69, 9.17) is 4.74 Å². The minimum Gasteiger partial charge on any atom is -0.394 e. The first-order valence-corrected chi connectivity index (χ1v) is 10.5. The Morgan fingerprint density at radius 3 is 2.53 bits per heavy atom. The number of alkyl halides is 1. The second-order valence-corrected chi connectivity index (χ2v) is 8.52. The number of halogens is 3. The molecule has 3 aromatic rings. The van der Waals surface area contributed by atoms with E-state index in [2.05, 4.69) is 0 Å². The van der Waals surface area contributed by atoms with Crippen molar-refractivity contribution in [3.05, 3.63) is 82.2 Å². The summed E-state index contributed by atoms with van der Waals surface area (Å²) in [5.41, 5.74) is 1.21. The number of ether oxygens (including phenoxy) is 1. The van der Waals surface area contributed by atoms with Gasteiger partial charge in [-0.2, -0.15) is 0 Å². The third kappa shape index (κ3) is 4.44. The second-order valence-electron chi connectivity index (χ2n) is 7.41. The molecule has 4 rings (SSSR count). The minimum absolute atomic E-state index is 0.107. The summed E-state index contributed by atoms with van der Waals surface area (Å²) in [6.45, 7) is -0.227. The monoisotopic (exact) mass is 434 g/mol. The highest BCUT2D eigenvalue weighted by atomic mass is 32.1. The van der Waals surface area contributed by atoms with Crippen molar-refractivity contribution in [2.24, 2.45) is 0 Å². The van der Waals surface area contributed by atoms with Crippen LogP contribution in [0.15, 0.2) is 54.6 Å². The van der Waals surface area contributed by atoms with E-state index in [9.17, 15) is 19.0 Å². The summed E-state index contributed by atoms with van der Waals surface area (Å²) in [5.74, 6) is -1.02. The fourth-order valence-corrected chi connectivity index (χ4v) is 4.70. The molecule has 2 aromatic carbocycles. The number of benzene rings is 2. The molecule has 4 unspecified atom stereocenters. The summed E-state index contributed by atoms with van der Waals surface area (Å²) < 4.78 is 48.6. The Kier molecular flexibility index (Phi) is 6.24. The van der Waals surface area contributed by atoms with Gasteiger partial charge in [0.2, 0.25) is 0 Å². The summed E-state index contributed by atoms with van der Waals surface area (Å²) in [6, 6.07) is 13.4. The van der Waals surface area contributed by atoms with Crippen LogP contribution in [0.25, 0.3) is 10.4 Å². The third-order valence-electron chi connectivity index (χ3n) is 5.25. The normalized spacial score (nSPS) is 22.8. The highest BCUT2D eigenvalue weighted by Crippen LogP contribution is 2.39. The standard InChI is InChI=1S/C23H21F3O3S/c24-15-4-1-13(2-5-15)21-7-8-22(30-21)23(26)18-9-14(3-6-19(18)25)20-11-16(28)10-17(12-27)29-20/h1-9,16-17,20,23,27-28H,10-12H2. The molecular weight excluding hydrogens is 413 g/mol. The van der Waals surface area contributed by atoms with Crippen LogP contribution in [0.2, 0.25) is 0 Å². The number of hydrogen-bond donors (Lipinski definition) is 2. The zero-order valence-electron chi connectivity index (χ0n) is 16.0. The molecule has 30 heavy (non-hydrogen) atoms. The minimum atomic E-state index is -1.67. The van der Waals surface area contributed by atoms with Gasteiger partial charge >= 0.3 is 0 Å². The maximum Gasteiger partial charge on any atom is 0.162 e. The average molecular weight is 434 g/mol.